The molecule has 6 nitrogen and oxygen atoms in total. The minimum absolute atomic E-state index is 0.0531. The van der Waals surface area contributed by atoms with Crippen molar-refractivity contribution in [2.45, 2.75) is 17.8 Å². The Hall–Kier alpha value is -2.54. The zero-order chi connectivity index (χ0) is 18.9. The maximum absolute atomic E-state index is 12.9. The van der Waals surface area contributed by atoms with E-state index in [1.54, 1.807) is 17.0 Å². The van der Waals surface area contributed by atoms with Gasteiger partial charge in [-0.25, -0.2) is 8.42 Å². The molecule has 142 valence electrons. The SMILES string of the molecule is O=C([C@@H]1COc2ccccc2O1)N1CC[C@H](c2ccccc2)S(=O)(=O)CC1. The Morgan fingerprint density at radius 1 is 0.963 bits per heavy atom. The van der Waals surface area contributed by atoms with E-state index in [2.05, 4.69) is 0 Å². The molecule has 7 heteroatoms. The third kappa shape index (κ3) is 3.64. The van der Waals surface area contributed by atoms with Crippen molar-refractivity contribution in [3.8, 4) is 11.5 Å². The topological polar surface area (TPSA) is 72.9 Å². The van der Waals surface area contributed by atoms with Crippen molar-refractivity contribution < 1.29 is 22.7 Å². The van der Waals surface area contributed by atoms with E-state index in [9.17, 15) is 13.2 Å². The van der Waals surface area contributed by atoms with Crippen molar-refractivity contribution in [2.75, 3.05) is 25.4 Å². The molecular weight excluding hydrogens is 366 g/mol. The van der Waals surface area contributed by atoms with Gasteiger partial charge in [0.05, 0.1) is 11.0 Å². The molecule has 27 heavy (non-hydrogen) atoms. The Bertz CT molecular complexity index is 928. The van der Waals surface area contributed by atoms with Gasteiger partial charge in [-0.15, -0.1) is 0 Å². The van der Waals surface area contributed by atoms with E-state index in [1.807, 2.05) is 42.5 Å². The summed E-state index contributed by atoms with van der Waals surface area (Å²) in [4.78, 5) is 14.5. The average Bonchev–Trinajstić information content (AvgIpc) is 2.85. The fourth-order valence-electron chi connectivity index (χ4n) is 3.55. The van der Waals surface area contributed by atoms with Gasteiger partial charge in [0.15, 0.2) is 21.3 Å². The lowest BCUT2D eigenvalue weighted by atomic mass is 10.1. The van der Waals surface area contributed by atoms with Crippen LogP contribution in [0.5, 0.6) is 11.5 Å². The molecule has 0 unspecified atom stereocenters. The van der Waals surface area contributed by atoms with E-state index in [4.69, 9.17) is 9.47 Å². The van der Waals surface area contributed by atoms with Gasteiger partial charge in [0.1, 0.15) is 6.61 Å². The molecule has 0 N–H and O–H groups in total. The summed E-state index contributed by atoms with van der Waals surface area (Å²) in [7, 11) is -3.32. The van der Waals surface area contributed by atoms with E-state index >= 15 is 0 Å². The maximum Gasteiger partial charge on any atom is 0.267 e. The van der Waals surface area contributed by atoms with Gasteiger partial charge in [-0.1, -0.05) is 42.5 Å². The highest BCUT2D eigenvalue weighted by Gasteiger charge is 2.36. The molecule has 1 saturated heterocycles. The number of fused-ring (bicyclic) bond motifs is 1. The number of sulfone groups is 1. The van der Waals surface area contributed by atoms with Crippen molar-refractivity contribution >= 4 is 15.7 Å². The second-order valence-corrected chi connectivity index (χ2v) is 9.05. The third-order valence-electron chi connectivity index (χ3n) is 5.01. The molecule has 0 saturated carbocycles. The van der Waals surface area contributed by atoms with Crippen LogP contribution in [0.1, 0.15) is 17.2 Å². The average molecular weight is 387 g/mol. The van der Waals surface area contributed by atoms with Crippen LogP contribution in [0.25, 0.3) is 0 Å². The number of benzene rings is 2. The predicted octanol–water partition coefficient (Wildman–Crippen LogP) is 2.21. The lowest BCUT2D eigenvalue weighted by Gasteiger charge is -2.30. The number of ether oxygens (including phenoxy) is 2. The first-order valence-corrected chi connectivity index (χ1v) is 10.7. The molecule has 2 aromatic carbocycles. The molecule has 0 aromatic heterocycles. The third-order valence-corrected chi connectivity index (χ3v) is 7.13. The van der Waals surface area contributed by atoms with Gasteiger partial charge in [-0.2, -0.15) is 0 Å². The number of carbonyl (C=O) groups is 1. The normalized spacial score (nSPS) is 24.1. The quantitative estimate of drug-likeness (QED) is 0.790. The van der Waals surface area contributed by atoms with Crippen LogP contribution in [0.3, 0.4) is 0 Å². The standard InChI is InChI=1S/C20H21NO5S/c22-20(18-14-25-16-8-4-5-9-17(16)26-18)21-11-10-19(27(23,24)13-12-21)15-6-2-1-3-7-15/h1-9,18-19H,10-14H2/t18-,19+/m0/s1. The maximum atomic E-state index is 12.9. The van der Waals surface area contributed by atoms with Crippen molar-refractivity contribution in [1.29, 1.82) is 0 Å². The van der Waals surface area contributed by atoms with Crippen molar-refractivity contribution in [1.82, 2.24) is 4.90 Å². The Kier molecular flexibility index (Phi) is 4.78. The van der Waals surface area contributed by atoms with E-state index in [0.29, 0.717) is 24.5 Å². The molecule has 1 fully saturated rings. The van der Waals surface area contributed by atoms with Crippen LogP contribution in [-0.2, 0) is 14.6 Å². The molecular formula is C20H21NO5S. The Labute approximate surface area is 158 Å². The number of para-hydroxylation sites is 2. The van der Waals surface area contributed by atoms with Gasteiger partial charge in [0, 0.05) is 13.1 Å². The molecule has 2 heterocycles. The van der Waals surface area contributed by atoms with Gasteiger partial charge < -0.3 is 14.4 Å². The second-order valence-electron chi connectivity index (χ2n) is 6.74. The monoisotopic (exact) mass is 387 g/mol. The van der Waals surface area contributed by atoms with Crippen LogP contribution < -0.4 is 9.47 Å². The summed E-state index contributed by atoms with van der Waals surface area (Å²) in [6.07, 6.45) is -0.377. The largest absolute Gasteiger partial charge is 0.485 e. The van der Waals surface area contributed by atoms with Crippen molar-refractivity contribution in [2.24, 2.45) is 0 Å². The lowest BCUT2D eigenvalue weighted by molar-refractivity contribution is -0.140. The molecule has 2 aromatic rings. The number of rotatable bonds is 2. The highest BCUT2D eigenvalue weighted by Crippen LogP contribution is 2.32. The fraction of sp³-hybridized carbons (Fsp3) is 0.350. The zero-order valence-corrected chi connectivity index (χ0v) is 15.6. The zero-order valence-electron chi connectivity index (χ0n) is 14.8. The minimum Gasteiger partial charge on any atom is -0.485 e. The summed E-state index contributed by atoms with van der Waals surface area (Å²) in [5.41, 5.74) is 0.776. The van der Waals surface area contributed by atoms with E-state index in [0.717, 1.165) is 5.56 Å². The summed E-state index contributed by atoms with van der Waals surface area (Å²) in [6, 6.07) is 16.4. The Morgan fingerprint density at radius 2 is 1.67 bits per heavy atom. The summed E-state index contributed by atoms with van der Waals surface area (Å²) in [5.74, 6) is 0.867. The van der Waals surface area contributed by atoms with Crippen LogP contribution in [0.2, 0.25) is 0 Å². The van der Waals surface area contributed by atoms with Crippen LogP contribution in [0.15, 0.2) is 54.6 Å². The van der Waals surface area contributed by atoms with Crippen LogP contribution >= 0.6 is 0 Å². The Morgan fingerprint density at radius 3 is 2.44 bits per heavy atom. The molecule has 0 aliphatic carbocycles. The molecule has 1 amide bonds. The molecule has 4 rings (SSSR count). The first kappa shape index (κ1) is 17.9. The first-order valence-electron chi connectivity index (χ1n) is 8.98. The van der Waals surface area contributed by atoms with Crippen LogP contribution in [0, 0.1) is 0 Å². The fourth-order valence-corrected chi connectivity index (χ4v) is 5.35. The van der Waals surface area contributed by atoms with Crippen LogP contribution in [-0.4, -0.2) is 50.8 Å². The summed E-state index contributed by atoms with van der Waals surface area (Å²) < 4.78 is 36.8. The highest BCUT2D eigenvalue weighted by molar-refractivity contribution is 7.91. The van der Waals surface area contributed by atoms with Gasteiger partial charge in [-0.05, 0) is 24.1 Å². The number of amides is 1. The Balaban J connectivity index is 1.49. The van der Waals surface area contributed by atoms with Gasteiger partial charge in [0.25, 0.3) is 5.91 Å². The lowest BCUT2D eigenvalue weighted by Crippen LogP contribution is -2.47. The number of hydrogen-bond donors (Lipinski definition) is 0. The molecule has 0 spiro atoms. The summed E-state index contributed by atoms with van der Waals surface area (Å²) >= 11 is 0. The minimum atomic E-state index is -3.32. The van der Waals surface area contributed by atoms with E-state index < -0.39 is 21.2 Å². The van der Waals surface area contributed by atoms with Crippen molar-refractivity contribution in [3.63, 3.8) is 0 Å². The van der Waals surface area contributed by atoms with E-state index in [1.165, 1.54) is 0 Å². The van der Waals surface area contributed by atoms with Gasteiger partial charge in [-0.3, -0.25) is 4.79 Å². The second kappa shape index (κ2) is 7.23. The van der Waals surface area contributed by atoms with Crippen molar-refractivity contribution in [3.05, 3.63) is 60.2 Å². The first-order chi connectivity index (χ1) is 13.0. The molecule has 2 aliphatic rings. The van der Waals surface area contributed by atoms with E-state index in [-0.39, 0.29) is 24.8 Å². The molecule has 0 radical (unpaired) electrons. The summed E-state index contributed by atoms with van der Waals surface area (Å²) in [6.45, 7) is 0.673. The molecule has 2 atom stereocenters. The summed E-state index contributed by atoms with van der Waals surface area (Å²) in [5, 5.41) is -0.583. The molecule has 2 aliphatic heterocycles. The number of carbonyl (C=O) groups excluding carboxylic acids is 1. The predicted molar refractivity (Wildman–Crippen MR) is 101 cm³/mol. The van der Waals surface area contributed by atoms with Crippen LogP contribution in [0.4, 0.5) is 0 Å². The van der Waals surface area contributed by atoms with Gasteiger partial charge in [0.2, 0.25) is 6.10 Å². The smallest absolute Gasteiger partial charge is 0.267 e. The molecule has 0 bridgehead atoms. The number of hydrogen-bond acceptors (Lipinski definition) is 5. The van der Waals surface area contributed by atoms with Gasteiger partial charge >= 0.3 is 0 Å². The highest BCUT2D eigenvalue weighted by atomic mass is 32.2. The number of nitrogens with zero attached hydrogens (tertiary/aromatic N) is 1.